The van der Waals surface area contributed by atoms with E-state index in [0.29, 0.717) is 22.5 Å². The van der Waals surface area contributed by atoms with Crippen molar-refractivity contribution in [1.82, 2.24) is 0 Å². The molecule has 0 bridgehead atoms. The largest absolute Gasteiger partial charge is 0.497 e. The zero-order valence-electron chi connectivity index (χ0n) is 12.6. The number of alkyl halides is 3. The average molecular weight is 359 g/mol. The first-order valence-corrected chi connectivity index (χ1v) is 7.33. The maximum Gasteiger partial charge on any atom is 0.416 e. The molecule has 0 heterocycles. The van der Waals surface area contributed by atoms with Gasteiger partial charge in [0, 0.05) is 6.07 Å². The van der Waals surface area contributed by atoms with E-state index < -0.39 is 22.4 Å². The van der Waals surface area contributed by atoms with E-state index in [4.69, 9.17) is 9.47 Å². The number of nitrogens with zero attached hydrogens (tertiary/aromatic N) is 1. The molecule has 128 valence electrons. The van der Waals surface area contributed by atoms with Gasteiger partial charge < -0.3 is 9.47 Å². The Bertz CT molecular complexity index is 765. The Balaban J connectivity index is 2.48. The van der Waals surface area contributed by atoms with Crippen molar-refractivity contribution in [1.29, 1.82) is 0 Å². The van der Waals surface area contributed by atoms with E-state index >= 15 is 0 Å². The monoisotopic (exact) mass is 359 g/mol. The third kappa shape index (κ3) is 3.91. The number of hydrogen-bond acceptors (Lipinski definition) is 5. The summed E-state index contributed by atoms with van der Waals surface area (Å²) in [5.41, 5.74) is -1.70. The summed E-state index contributed by atoms with van der Waals surface area (Å²) < 4.78 is 48.5. The van der Waals surface area contributed by atoms with Crippen molar-refractivity contribution in [2.75, 3.05) is 14.2 Å². The summed E-state index contributed by atoms with van der Waals surface area (Å²) >= 11 is 0.929. The summed E-state index contributed by atoms with van der Waals surface area (Å²) in [6.45, 7) is 0. The predicted molar refractivity (Wildman–Crippen MR) is 81.8 cm³/mol. The molecule has 0 radical (unpaired) electrons. The van der Waals surface area contributed by atoms with Gasteiger partial charge in [-0.3, -0.25) is 10.1 Å². The lowest BCUT2D eigenvalue weighted by atomic mass is 10.2. The summed E-state index contributed by atoms with van der Waals surface area (Å²) in [6.07, 6.45) is -4.65. The summed E-state index contributed by atoms with van der Waals surface area (Å²) in [7, 11) is 2.88. The summed E-state index contributed by atoms with van der Waals surface area (Å²) in [5, 5.41) is 11.1. The molecule has 2 aromatic rings. The van der Waals surface area contributed by atoms with Crippen LogP contribution in [-0.4, -0.2) is 19.1 Å². The van der Waals surface area contributed by atoms with Crippen LogP contribution in [0.25, 0.3) is 0 Å². The number of ether oxygens (including phenoxy) is 2. The molecule has 0 saturated heterocycles. The third-order valence-corrected chi connectivity index (χ3v) is 4.18. The summed E-state index contributed by atoms with van der Waals surface area (Å²) in [6, 6.07) is 7.24. The summed E-state index contributed by atoms with van der Waals surface area (Å²) in [5.74, 6) is 0.919. The lowest BCUT2D eigenvalue weighted by Crippen LogP contribution is -2.05. The number of rotatable bonds is 5. The topological polar surface area (TPSA) is 61.6 Å². The van der Waals surface area contributed by atoms with Crippen molar-refractivity contribution >= 4 is 17.4 Å². The van der Waals surface area contributed by atoms with Gasteiger partial charge in [0.2, 0.25) is 0 Å². The fourth-order valence-electron chi connectivity index (χ4n) is 1.90. The van der Waals surface area contributed by atoms with Gasteiger partial charge in [-0.1, -0.05) is 11.8 Å². The second-order valence-corrected chi connectivity index (χ2v) is 5.64. The highest BCUT2D eigenvalue weighted by Crippen LogP contribution is 2.42. The molecule has 24 heavy (non-hydrogen) atoms. The number of nitro groups is 1. The quantitative estimate of drug-likeness (QED) is 0.568. The number of hydrogen-bond donors (Lipinski definition) is 0. The highest BCUT2D eigenvalue weighted by molar-refractivity contribution is 7.99. The second kappa shape index (κ2) is 7.00. The Morgan fingerprint density at radius 1 is 1.04 bits per heavy atom. The molecule has 0 N–H and O–H groups in total. The maximum absolute atomic E-state index is 12.7. The minimum Gasteiger partial charge on any atom is -0.497 e. The van der Waals surface area contributed by atoms with Crippen molar-refractivity contribution in [2.45, 2.75) is 16.0 Å². The normalized spacial score (nSPS) is 11.2. The van der Waals surface area contributed by atoms with Crippen LogP contribution in [0.1, 0.15) is 5.56 Å². The Morgan fingerprint density at radius 2 is 1.75 bits per heavy atom. The first kappa shape index (κ1) is 17.9. The highest BCUT2D eigenvalue weighted by atomic mass is 32.2. The van der Waals surface area contributed by atoms with Crippen molar-refractivity contribution < 1.29 is 27.6 Å². The van der Waals surface area contributed by atoms with Crippen molar-refractivity contribution in [3.8, 4) is 11.5 Å². The van der Waals surface area contributed by atoms with E-state index in [1.165, 1.54) is 14.2 Å². The average Bonchev–Trinajstić information content (AvgIpc) is 2.53. The highest BCUT2D eigenvalue weighted by Gasteiger charge is 2.33. The van der Waals surface area contributed by atoms with E-state index in [9.17, 15) is 23.3 Å². The van der Waals surface area contributed by atoms with Gasteiger partial charge >= 0.3 is 6.18 Å². The molecule has 9 heteroatoms. The van der Waals surface area contributed by atoms with Gasteiger partial charge in [0.25, 0.3) is 5.69 Å². The lowest BCUT2D eigenvalue weighted by molar-refractivity contribution is -0.388. The van der Waals surface area contributed by atoms with E-state index in [2.05, 4.69) is 0 Å². The minimum absolute atomic E-state index is 0.0690. The molecule has 0 atom stereocenters. The first-order chi connectivity index (χ1) is 11.3. The molecule has 2 aromatic carbocycles. The van der Waals surface area contributed by atoms with Gasteiger partial charge in [0.15, 0.2) is 0 Å². The predicted octanol–water partition coefficient (Wildman–Crippen LogP) is 4.78. The first-order valence-electron chi connectivity index (χ1n) is 6.51. The number of nitro benzene ring substituents is 1. The standard InChI is InChI=1S/C15H12F3NO4S/c1-22-10-4-5-12(23-2)14(8-10)24-13-6-3-9(15(16,17)18)7-11(13)19(20)21/h3-8H,1-2H3. The number of methoxy groups -OCH3 is 2. The van der Waals surface area contributed by atoms with Crippen LogP contribution in [0, 0.1) is 10.1 Å². The Kier molecular flexibility index (Phi) is 5.23. The fraction of sp³-hybridized carbons (Fsp3) is 0.200. The molecule has 5 nitrogen and oxygen atoms in total. The SMILES string of the molecule is COc1ccc(OC)c(Sc2ccc(C(F)(F)F)cc2[N+](=O)[O-])c1. The molecule has 0 aliphatic carbocycles. The fourth-order valence-corrected chi connectivity index (χ4v) is 2.94. The Morgan fingerprint density at radius 3 is 2.29 bits per heavy atom. The van der Waals surface area contributed by atoms with Gasteiger partial charge in [0.1, 0.15) is 11.5 Å². The molecule has 0 aromatic heterocycles. The molecule has 0 saturated carbocycles. The van der Waals surface area contributed by atoms with E-state index in [1.807, 2.05) is 0 Å². The van der Waals surface area contributed by atoms with Gasteiger partial charge in [-0.2, -0.15) is 13.2 Å². The van der Waals surface area contributed by atoms with Crippen molar-refractivity contribution in [2.24, 2.45) is 0 Å². The minimum atomic E-state index is -4.65. The third-order valence-electron chi connectivity index (χ3n) is 3.07. The van der Waals surface area contributed by atoms with E-state index in [0.717, 1.165) is 23.9 Å². The van der Waals surface area contributed by atoms with Crippen molar-refractivity contribution in [3.05, 3.63) is 52.1 Å². The van der Waals surface area contributed by atoms with Crippen LogP contribution in [0.5, 0.6) is 11.5 Å². The zero-order valence-corrected chi connectivity index (χ0v) is 13.4. The maximum atomic E-state index is 12.7. The van der Waals surface area contributed by atoms with E-state index in [-0.39, 0.29) is 4.90 Å². The number of halogens is 3. The molecule has 0 spiro atoms. The molecule has 0 unspecified atom stereocenters. The van der Waals surface area contributed by atoms with Gasteiger partial charge in [-0.25, -0.2) is 0 Å². The van der Waals surface area contributed by atoms with E-state index in [1.54, 1.807) is 18.2 Å². The summed E-state index contributed by atoms with van der Waals surface area (Å²) in [4.78, 5) is 10.8. The van der Waals surface area contributed by atoms with Crippen LogP contribution in [0.15, 0.2) is 46.2 Å². The smallest absolute Gasteiger partial charge is 0.416 e. The van der Waals surface area contributed by atoms with Crippen LogP contribution in [0.2, 0.25) is 0 Å². The van der Waals surface area contributed by atoms with Crippen LogP contribution in [0.4, 0.5) is 18.9 Å². The molecule has 0 aliphatic heterocycles. The molecule has 2 rings (SSSR count). The van der Waals surface area contributed by atoms with Crippen molar-refractivity contribution in [3.63, 3.8) is 0 Å². The molecule has 0 fully saturated rings. The molecular formula is C15H12F3NO4S. The van der Waals surface area contributed by atoms with Gasteiger partial charge in [-0.15, -0.1) is 0 Å². The van der Waals surface area contributed by atoms with Crippen LogP contribution >= 0.6 is 11.8 Å². The lowest BCUT2D eigenvalue weighted by Gasteiger charge is -2.11. The second-order valence-electron chi connectivity index (χ2n) is 4.56. The molecular weight excluding hydrogens is 347 g/mol. The Hall–Kier alpha value is -2.42. The van der Waals surface area contributed by atoms with Crippen LogP contribution in [0.3, 0.4) is 0 Å². The molecule has 0 aliphatic rings. The van der Waals surface area contributed by atoms with Gasteiger partial charge in [0.05, 0.1) is 34.5 Å². The van der Waals surface area contributed by atoms with Crippen LogP contribution < -0.4 is 9.47 Å². The number of benzene rings is 2. The Labute approximate surface area is 139 Å². The molecule has 0 amide bonds. The van der Waals surface area contributed by atoms with Gasteiger partial charge in [-0.05, 0) is 30.3 Å². The van der Waals surface area contributed by atoms with Crippen LogP contribution in [-0.2, 0) is 6.18 Å². The zero-order chi connectivity index (χ0) is 17.9.